The predicted molar refractivity (Wildman–Crippen MR) is 154 cm³/mol. The van der Waals surface area contributed by atoms with Gasteiger partial charge in [0.25, 0.3) is 0 Å². The Bertz CT molecular complexity index is 1220. The minimum absolute atomic E-state index is 0.0552. The van der Waals surface area contributed by atoms with Crippen molar-refractivity contribution >= 4 is 40.6 Å². The summed E-state index contributed by atoms with van der Waals surface area (Å²) in [7, 11) is 0. The molecule has 0 saturated carbocycles. The number of nitrogens with zero attached hydrogens (tertiary/aromatic N) is 1. The summed E-state index contributed by atoms with van der Waals surface area (Å²) in [6, 6.07) is 2.85. The van der Waals surface area contributed by atoms with E-state index in [4.69, 9.17) is 17.2 Å². The highest BCUT2D eigenvalue weighted by molar-refractivity contribution is 5.94. The molecule has 12 N–H and O–H groups in total. The van der Waals surface area contributed by atoms with Gasteiger partial charge in [-0.1, -0.05) is 32.0 Å². The lowest BCUT2D eigenvalue weighted by atomic mass is 10.0. The van der Waals surface area contributed by atoms with E-state index < -0.39 is 54.0 Å². The Morgan fingerprint density at radius 1 is 0.976 bits per heavy atom. The topological polar surface area (TPSA) is 251 Å². The van der Waals surface area contributed by atoms with Crippen LogP contribution in [0, 0.1) is 5.92 Å². The lowest BCUT2D eigenvalue weighted by Crippen LogP contribution is -2.58. The van der Waals surface area contributed by atoms with Crippen LogP contribution in [0.5, 0.6) is 0 Å². The number of aromatic amines is 1. The fraction of sp³-hybridized carbons (Fsp3) is 0.519. The van der Waals surface area contributed by atoms with Gasteiger partial charge in [-0.25, -0.2) is 4.79 Å². The molecule has 0 aliphatic heterocycles. The fourth-order valence-electron chi connectivity index (χ4n) is 4.30. The first-order valence-corrected chi connectivity index (χ1v) is 13.5. The number of nitrogens with two attached hydrogens (primary N) is 3. The van der Waals surface area contributed by atoms with Gasteiger partial charge in [-0.15, -0.1) is 0 Å². The zero-order valence-electron chi connectivity index (χ0n) is 23.6. The first-order chi connectivity index (χ1) is 19.3. The number of aliphatic hydroxyl groups is 1. The maximum Gasteiger partial charge on any atom is 0.328 e. The zero-order valence-corrected chi connectivity index (χ0v) is 23.6. The molecule has 0 aliphatic rings. The molecule has 1 aromatic heterocycles. The molecule has 0 fully saturated rings. The van der Waals surface area contributed by atoms with Crippen LogP contribution in [0.2, 0.25) is 0 Å². The quantitative estimate of drug-likeness (QED) is 0.0680. The van der Waals surface area contributed by atoms with Crippen molar-refractivity contribution in [1.82, 2.24) is 20.9 Å². The summed E-state index contributed by atoms with van der Waals surface area (Å²) in [6.07, 6.45) is 1.27. The molecule has 0 aliphatic carbocycles. The van der Waals surface area contributed by atoms with E-state index in [9.17, 15) is 29.4 Å². The summed E-state index contributed by atoms with van der Waals surface area (Å²) in [5.74, 6) is -3.59. The van der Waals surface area contributed by atoms with Gasteiger partial charge in [0.05, 0.1) is 12.1 Å². The number of carbonyl (C=O) groups excluding carboxylic acids is 3. The molecule has 0 bridgehead atoms. The number of carboxylic acid groups (broad SMARTS) is 1. The number of benzene rings is 1. The second-order valence-electron chi connectivity index (χ2n) is 10.4. The largest absolute Gasteiger partial charge is 0.480 e. The Kier molecular flexibility index (Phi) is 12.5. The van der Waals surface area contributed by atoms with Crippen LogP contribution in [0.3, 0.4) is 0 Å². The molecule has 3 amide bonds. The van der Waals surface area contributed by atoms with E-state index in [0.29, 0.717) is 6.42 Å². The number of aromatic nitrogens is 1. The van der Waals surface area contributed by atoms with E-state index >= 15 is 0 Å². The fourth-order valence-corrected chi connectivity index (χ4v) is 4.30. The van der Waals surface area contributed by atoms with E-state index in [0.717, 1.165) is 16.5 Å². The summed E-state index contributed by atoms with van der Waals surface area (Å²) in [6.45, 7) is 5.09. The number of guanidine groups is 1. The lowest BCUT2D eigenvalue weighted by molar-refractivity contribution is -0.145. The zero-order chi connectivity index (χ0) is 30.7. The van der Waals surface area contributed by atoms with E-state index in [-0.39, 0.29) is 37.7 Å². The third kappa shape index (κ3) is 10.4. The van der Waals surface area contributed by atoms with Gasteiger partial charge in [-0.3, -0.25) is 19.4 Å². The van der Waals surface area contributed by atoms with E-state index in [1.807, 2.05) is 38.1 Å². The van der Waals surface area contributed by atoms with Crippen LogP contribution in [0.1, 0.15) is 45.6 Å². The minimum Gasteiger partial charge on any atom is -0.480 e. The highest BCUT2D eigenvalue weighted by Gasteiger charge is 2.32. The summed E-state index contributed by atoms with van der Waals surface area (Å²) < 4.78 is 0. The number of aliphatic hydroxyl groups excluding tert-OH is 1. The number of nitrogens with one attached hydrogen (secondary N) is 4. The number of hydrogen-bond donors (Lipinski definition) is 9. The Balaban J connectivity index is 2.18. The molecule has 1 heterocycles. The van der Waals surface area contributed by atoms with Gasteiger partial charge < -0.3 is 48.3 Å². The Morgan fingerprint density at radius 3 is 2.22 bits per heavy atom. The number of aliphatic imine (C=N–C) groups is 1. The Labute approximate surface area is 238 Å². The summed E-state index contributed by atoms with van der Waals surface area (Å²) in [4.78, 5) is 57.9. The van der Waals surface area contributed by atoms with E-state index in [2.05, 4.69) is 25.9 Å². The molecule has 1 aromatic carbocycles. The van der Waals surface area contributed by atoms with Gasteiger partial charge in [0.2, 0.25) is 17.7 Å². The standard InChI is InChI=1S/C27H42N8O6/c1-14(2)11-21(25(39)35-22(15(3)36)26(40)41)34-24(38)20(9-6-10-31-27(29)30)33-23(37)18(28)12-16-13-32-19-8-5-4-7-17(16)19/h4-5,7-8,13-15,18,20-22,32,36H,6,9-12,28H2,1-3H3,(H,33,37)(H,34,38)(H,35,39)(H,40,41)(H4,29,30,31). The van der Waals surface area contributed by atoms with E-state index in [1.165, 1.54) is 6.92 Å². The third-order valence-electron chi connectivity index (χ3n) is 6.42. The number of amides is 3. The Hall–Kier alpha value is -4.17. The molecule has 41 heavy (non-hydrogen) atoms. The van der Waals surface area contributed by atoms with Gasteiger partial charge in [0.1, 0.15) is 12.1 Å². The number of rotatable bonds is 16. The molecule has 14 heteroatoms. The van der Waals surface area contributed by atoms with Crippen molar-refractivity contribution in [2.45, 2.75) is 76.7 Å². The average molecular weight is 575 g/mol. The number of H-pyrrole nitrogens is 1. The molecule has 5 atom stereocenters. The number of carbonyl (C=O) groups is 4. The first kappa shape index (κ1) is 33.0. The summed E-state index contributed by atoms with van der Waals surface area (Å²) in [5.41, 5.74) is 18.7. The predicted octanol–water partition coefficient (Wildman–Crippen LogP) is -0.943. The van der Waals surface area contributed by atoms with Gasteiger partial charge in [0.15, 0.2) is 12.0 Å². The number of aliphatic carboxylic acids is 1. The normalized spacial score (nSPS) is 14.9. The van der Waals surface area contributed by atoms with Crippen molar-refractivity contribution in [2.24, 2.45) is 28.1 Å². The van der Waals surface area contributed by atoms with Crippen LogP contribution in [-0.4, -0.2) is 81.7 Å². The molecule has 5 unspecified atom stereocenters. The van der Waals surface area contributed by atoms with Gasteiger partial charge in [0, 0.05) is 23.6 Å². The van der Waals surface area contributed by atoms with Gasteiger partial charge >= 0.3 is 5.97 Å². The smallest absolute Gasteiger partial charge is 0.328 e. The molecule has 2 aromatic rings. The summed E-state index contributed by atoms with van der Waals surface area (Å²) >= 11 is 0. The molecule has 0 saturated heterocycles. The number of hydrogen-bond acceptors (Lipinski definition) is 7. The lowest BCUT2D eigenvalue weighted by Gasteiger charge is -2.26. The maximum atomic E-state index is 13.4. The number of carboxylic acids is 1. The van der Waals surface area contributed by atoms with Crippen LogP contribution in [0.15, 0.2) is 35.5 Å². The van der Waals surface area contributed by atoms with Crippen molar-refractivity contribution in [3.63, 3.8) is 0 Å². The average Bonchev–Trinajstić information content (AvgIpc) is 3.30. The second kappa shape index (κ2) is 15.6. The van der Waals surface area contributed by atoms with Crippen LogP contribution in [-0.2, 0) is 25.6 Å². The molecule has 0 spiro atoms. The SMILES string of the molecule is CC(C)CC(NC(=O)C(CCCN=C(N)N)NC(=O)C(N)Cc1c[nH]c2ccccc12)C(=O)NC(C(=O)O)C(C)O. The maximum absolute atomic E-state index is 13.4. The van der Waals surface area contributed by atoms with Crippen LogP contribution in [0.25, 0.3) is 10.9 Å². The first-order valence-electron chi connectivity index (χ1n) is 13.5. The van der Waals surface area contributed by atoms with Crippen LogP contribution < -0.4 is 33.2 Å². The van der Waals surface area contributed by atoms with Crippen molar-refractivity contribution in [1.29, 1.82) is 0 Å². The highest BCUT2D eigenvalue weighted by atomic mass is 16.4. The second-order valence-corrected chi connectivity index (χ2v) is 10.4. The molecular formula is C27H42N8O6. The number of fused-ring (bicyclic) bond motifs is 1. The van der Waals surface area contributed by atoms with Crippen LogP contribution >= 0.6 is 0 Å². The molecule has 14 nitrogen and oxygen atoms in total. The van der Waals surface area contributed by atoms with Crippen molar-refractivity contribution < 1.29 is 29.4 Å². The van der Waals surface area contributed by atoms with E-state index in [1.54, 1.807) is 6.20 Å². The monoisotopic (exact) mass is 574 g/mol. The van der Waals surface area contributed by atoms with Crippen molar-refractivity contribution in [3.05, 3.63) is 36.0 Å². The van der Waals surface area contributed by atoms with Gasteiger partial charge in [-0.2, -0.15) is 0 Å². The van der Waals surface area contributed by atoms with Crippen LogP contribution in [0.4, 0.5) is 0 Å². The Morgan fingerprint density at radius 2 is 1.61 bits per heavy atom. The van der Waals surface area contributed by atoms with Crippen molar-refractivity contribution in [2.75, 3.05) is 6.54 Å². The minimum atomic E-state index is -1.56. The molecule has 0 radical (unpaired) electrons. The molecular weight excluding hydrogens is 532 g/mol. The molecule has 226 valence electrons. The highest BCUT2D eigenvalue weighted by Crippen LogP contribution is 2.19. The van der Waals surface area contributed by atoms with Crippen molar-refractivity contribution in [3.8, 4) is 0 Å². The third-order valence-corrected chi connectivity index (χ3v) is 6.42. The summed E-state index contributed by atoms with van der Waals surface area (Å²) in [5, 5.41) is 27.6. The number of para-hydroxylation sites is 1. The van der Waals surface area contributed by atoms with Gasteiger partial charge in [-0.05, 0) is 50.2 Å². The molecule has 2 rings (SSSR count).